The number of hydrogen-bond donors (Lipinski definition) is 0. The summed E-state index contributed by atoms with van der Waals surface area (Å²) in [5.41, 5.74) is 5.90. The number of rotatable bonds is 3. The second-order valence-corrected chi connectivity index (χ2v) is 10.5. The van der Waals surface area contributed by atoms with Crippen molar-refractivity contribution >= 4 is 50.9 Å². The number of hydrogen-bond acceptors (Lipinski definition) is 5. The van der Waals surface area contributed by atoms with Crippen molar-refractivity contribution in [2.45, 2.75) is 9.79 Å². The van der Waals surface area contributed by atoms with Crippen molar-refractivity contribution in [3.05, 3.63) is 128 Å². The average molecular weight is 520 g/mol. The predicted molar refractivity (Wildman–Crippen MR) is 158 cm³/mol. The number of pyridine rings is 1. The van der Waals surface area contributed by atoms with Crippen LogP contribution in [0.3, 0.4) is 0 Å². The second kappa shape index (κ2) is 8.82. The number of fused-ring (bicyclic) bond motifs is 5. The highest BCUT2D eigenvalue weighted by atomic mass is 32.2. The lowest BCUT2D eigenvalue weighted by Crippen LogP contribution is -2.18. The fourth-order valence-electron chi connectivity index (χ4n) is 5.37. The van der Waals surface area contributed by atoms with Gasteiger partial charge in [-0.05, 0) is 48.5 Å². The molecule has 0 radical (unpaired) electrons. The highest BCUT2D eigenvalue weighted by molar-refractivity contribution is 7.99. The standard InChI is InChI=1S/C33H21N5S/c1-3-14-26-22(11-1)23-12-2-4-15-27(23)37(26)32-21-25(24-13-9-10-20-34-24)35-33(36-32)38-28-16-5-7-18-30(28)39-31-19-8-6-17-29(31)38/h1-21H. The lowest BCUT2D eigenvalue weighted by Gasteiger charge is -2.31. The number of anilines is 3. The summed E-state index contributed by atoms with van der Waals surface area (Å²) in [4.78, 5) is 19.5. The van der Waals surface area contributed by atoms with Gasteiger partial charge in [0, 0.05) is 32.8 Å². The number of para-hydroxylation sites is 4. The summed E-state index contributed by atoms with van der Waals surface area (Å²) in [6.45, 7) is 0. The molecule has 0 spiro atoms. The van der Waals surface area contributed by atoms with Crippen LogP contribution in [-0.2, 0) is 0 Å². The van der Waals surface area contributed by atoms with Crippen LogP contribution < -0.4 is 4.90 Å². The third-order valence-electron chi connectivity index (χ3n) is 7.07. The molecule has 0 saturated heterocycles. The lowest BCUT2D eigenvalue weighted by molar-refractivity contribution is 0.993. The quantitative estimate of drug-likeness (QED) is 0.234. The molecule has 1 aliphatic heterocycles. The van der Waals surface area contributed by atoms with E-state index in [1.165, 1.54) is 20.6 Å². The molecule has 1 aliphatic rings. The molecule has 0 atom stereocenters. The van der Waals surface area contributed by atoms with Gasteiger partial charge in [-0.25, -0.2) is 4.98 Å². The van der Waals surface area contributed by atoms with Crippen LogP contribution in [0.1, 0.15) is 0 Å². The molecule has 0 fully saturated rings. The van der Waals surface area contributed by atoms with Crippen LogP contribution in [0.2, 0.25) is 0 Å². The Labute approximate surface area is 229 Å². The first-order valence-electron chi connectivity index (χ1n) is 12.8. The second-order valence-electron chi connectivity index (χ2n) is 9.37. The molecule has 39 heavy (non-hydrogen) atoms. The fraction of sp³-hybridized carbons (Fsp3) is 0. The maximum absolute atomic E-state index is 5.26. The molecule has 4 heterocycles. The van der Waals surface area contributed by atoms with Gasteiger partial charge in [0.15, 0.2) is 0 Å². The van der Waals surface area contributed by atoms with Gasteiger partial charge in [0.25, 0.3) is 0 Å². The monoisotopic (exact) mass is 519 g/mol. The fourth-order valence-corrected chi connectivity index (χ4v) is 6.43. The van der Waals surface area contributed by atoms with Crippen LogP contribution in [0.25, 0.3) is 39.0 Å². The van der Waals surface area contributed by atoms with Crippen molar-refractivity contribution in [3.8, 4) is 17.2 Å². The molecule has 0 unspecified atom stereocenters. The highest BCUT2D eigenvalue weighted by Gasteiger charge is 2.27. The topological polar surface area (TPSA) is 46.8 Å². The van der Waals surface area contributed by atoms with Crippen LogP contribution >= 0.6 is 11.8 Å². The molecule has 184 valence electrons. The van der Waals surface area contributed by atoms with Gasteiger partial charge in [0.1, 0.15) is 5.82 Å². The minimum absolute atomic E-state index is 0.607. The van der Waals surface area contributed by atoms with Gasteiger partial charge in [-0.3, -0.25) is 14.5 Å². The Kier molecular flexibility index (Phi) is 5.00. The Morgan fingerprint density at radius 3 is 1.77 bits per heavy atom. The van der Waals surface area contributed by atoms with Gasteiger partial charge in [0.05, 0.1) is 33.8 Å². The van der Waals surface area contributed by atoms with Gasteiger partial charge >= 0.3 is 0 Å². The van der Waals surface area contributed by atoms with Crippen molar-refractivity contribution in [2.75, 3.05) is 4.90 Å². The summed E-state index contributed by atoms with van der Waals surface area (Å²) in [7, 11) is 0. The molecule has 0 N–H and O–H groups in total. The Morgan fingerprint density at radius 1 is 0.538 bits per heavy atom. The molecule has 5 nitrogen and oxygen atoms in total. The first kappa shape index (κ1) is 22.1. The molecule has 7 aromatic rings. The van der Waals surface area contributed by atoms with E-state index >= 15 is 0 Å². The number of nitrogens with zero attached hydrogens (tertiary/aromatic N) is 5. The van der Waals surface area contributed by atoms with Gasteiger partial charge in [0.2, 0.25) is 5.95 Å². The van der Waals surface area contributed by atoms with Crippen LogP contribution in [0, 0.1) is 0 Å². The van der Waals surface area contributed by atoms with E-state index < -0.39 is 0 Å². The normalized spacial score (nSPS) is 12.5. The van der Waals surface area contributed by atoms with Crippen molar-refractivity contribution in [3.63, 3.8) is 0 Å². The molecule has 0 saturated carbocycles. The summed E-state index contributed by atoms with van der Waals surface area (Å²) < 4.78 is 2.23. The zero-order valence-electron chi connectivity index (χ0n) is 20.8. The molecule has 0 bridgehead atoms. The summed E-state index contributed by atoms with van der Waals surface area (Å²) >= 11 is 1.77. The lowest BCUT2D eigenvalue weighted by atomic mass is 10.2. The van der Waals surface area contributed by atoms with Crippen molar-refractivity contribution in [2.24, 2.45) is 0 Å². The third kappa shape index (κ3) is 3.53. The van der Waals surface area contributed by atoms with Crippen molar-refractivity contribution < 1.29 is 0 Å². The van der Waals surface area contributed by atoms with Crippen LogP contribution in [0.5, 0.6) is 0 Å². The number of aromatic nitrogens is 4. The largest absolute Gasteiger partial charge is 0.294 e. The van der Waals surface area contributed by atoms with Gasteiger partial charge < -0.3 is 0 Å². The molecule has 0 amide bonds. The molecular formula is C33H21N5S. The summed E-state index contributed by atoms with van der Waals surface area (Å²) in [5, 5.41) is 2.38. The van der Waals surface area contributed by atoms with Crippen molar-refractivity contribution in [1.82, 2.24) is 19.5 Å². The molecule has 3 aromatic heterocycles. The molecule has 0 aliphatic carbocycles. The van der Waals surface area contributed by atoms with E-state index in [2.05, 4.69) is 112 Å². The Balaban J connectivity index is 1.45. The SMILES string of the molecule is c1ccc(-c2cc(-n3c4ccccc4c4ccccc43)nc(N3c4ccccc4Sc4ccccc43)n2)nc1. The van der Waals surface area contributed by atoms with E-state index in [4.69, 9.17) is 9.97 Å². The molecule has 4 aromatic carbocycles. The zero-order chi connectivity index (χ0) is 25.8. The molecule has 6 heteroatoms. The van der Waals surface area contributed by atoms with E-state index in [1.807, 2.05) is 24.3 Å². The number of benzene rings is 4. The van der Waals surface area contributed by atoms with Crippen LogP contribution in [0.4, 0.5) is 17.3 Å². The minimum Gasteiger partial charge on any atom is -0.294 e. The van der Waals surface area contributed by atoms with E-state index in [0.29, 0.717) is 5.95 Å². The first-order valence-corrected chi connectivity index (χ1v) is 13.6. The molecular weight excluding hydrogens is 498 g/mol. The van der Waals surface area contributed by atoms with E-state index in [1.54, 1.807) is 18.0 Å². The van der Waals surface area contributed by atoms with Gasteiger partial charge in [-0.15, -0.1) is 0 Å². The Bertz CT molecular complexity index is 1920. The van der Waals surface area contributed by atoms with Crippen LogP contribution in [0.15, 0.2) is 137 Å². The van der Waals surface area contributed by atoms with E-state index in [0.717, 1.165) is 39.6 Å². The zero-order valence-corrected chi connectivity index (χ0v) is 21.6. The van der Waals surface area contributed by atoms with Crippen molar-refractivity contribution in [1.29, 1.82) is 0 Å². The smallest absolute Gasteiger partial charge is 0.237 e. The molecule has 8 rings (SSSR count). The minimum atomic E-state index is 0.607. The predicted octanol–water partition coefficient (Wildman–Crippen LogP) is 8.57. The first-order chi connectivity index (χ1) is 19.3. The van der Waals surface area contributed by atoms with E-state index in [9.17, 15) is 0 Å². The van der Waals surface area contributed by atoms with Gasteiger partial charge in [-0.2, -0.15) is 4.98 Å². The maximum atomic E-state index is 5.26. The van der Waals surface area contributed by atoms with Crippen LogP contribution in [-0.4, -0.2) is 19.5 Å². The van der Waals surface area contributed by atoms with E-state index in [-0.39, 0.29) is 0 Å². The summed E-state index contributed by atoms with van der Waals surface area (Å²) in [5.74, 6) is 1.40. The summed E-state index contributed by atoms with van der Waals surface area (Å²) in [6.07, 6.45) is 1.80. The Hall–Kier alpha value is -4.94. The maximum Gasteiger partial charge on any atom is 0.237 e. The average Bonchev–Trinajstić information content (AvgIpc) is 3.34. The Morgan fingerprint density at radius 2 is 1.13 bits per heavy atom. The van der Waals surface area contributed by atoms with Gasteiger partial charge in [-0.1, -0.05) is 78.5 Å². The highest BCUT2D eigenvalue weighted by Crippen LogP contribution is 2.50. The third-order valence-corrected chi connectivity index (χ3v) is 8.20. The summed E-state index contributed by atoms with van der Waals surface area (Å²) in [6, 6.07) is 41.8.